The Balaban J connectivity index is 2.10. The van der Waals surface area contributed by atoms with Crippen molar-refractivity contribution in [3.8, 4) is 0 Å². The third kappa shape index (κ3) is 2.43. The van der Waals surface area contributed by atoms with Crippen LogP contribution in [0.1, 0.15) is 38.2 Å². The summed E-state index contributed by atoms with van der Waals surface area (Å²) in [5, 5.41) is 3.22. The van der Waals surface area contributed by atoms with E-state index in [1.165, 1.54) is 42.6 Å². The predicted octanol–water partition coefficient (Wildman–Crippen LogP) is 5.16. The van der Waals surface area contributed by atoms with E-state index in [9.17, 15) is 4.39 Å². The maximum atomic E-state index is 13.5. The van der Waals surface area contributed by atoms with Gasteiger partial charge in [-0.1, -0.05) is 38.3 Å². The Hall–Kier alpha value is -0.890. The van der Waals surface area contributed by atoms with Gasteiger partial charge in [0.2, 0.25) is 0 Å². The van der Waals surface area contributed by atoms with Gasteiger partial charge in [0.25, 0.3) is 0 Å². The topological polar surface area (TPSA) is 0 Å². The van der Waals surface area contributed by atoms with Crippen molar-refractivity contribution in [2.24, 2.45) is 0 Å². The maximum absolute atomic E-state index is 13.5. The Bertz CT molecular complexity index is 459. The highest BCUT2D eigenvalue weighted by Gasteiger charge is 2.06. The second kappa shape index (κ2) is 5.44. The first kappa shape index (κ1) is 11.6. The van der Waals surface area contributed by atoms with Gasteiger partial charge in [0.15, 0.2) is 0 Å². The molecule has 0 unspecified atom stereocenters. The molecule has 2 heteroatoms. The van der Waals surface area contributed by atoms with Gasteiger partial charge < -0.3 is 0 Å². The summed E-state index contributed by atoms with van der Waals surface area (Å²) in [5.41, 5.74) is 1.32. The second-order valence-electron chi connectivity index (χ2n) is 4.19. The van der Waals surface area contributed by atoms with Gasteiger partial charge in [0, 0.05) is 0 Å². The molecular weight excluding hydrogens is 219 g/mol. The zero-order chi connectivity index (χ0) is 11.4. The molecule has 16 heavy (non-hydrogen) atoms. The Kier molecular flexibility index (Phi) is 3.94. The van der Waals surface area contributed by atoms with Gasteiger partial charge in [0.05, 0.1) is 4.70 Å². The normalized spacial score (nSPS) is 11.1. The minimum atomic E-state index is -0.0812. The molecule has 0 nitrogen and oxygen atoms in total. The van der Waals surface area contributed by atoms with Crippen LogP contribution in [0.4, 0.5) is 4.39 Å². The summed E-state index contributed by atoms with van der Waals surface area (Å²) >= 11 is 1.53. The molecule has 0 bridgehead atoms. The lowest BCUT2D eigenvalue weighted by atomic mass is 10.1. The number of halogens is 1. The maximum Gasteiger partial charge on any atom is 0.140 e. The molecule has 0 atom stereocenters. The second-order valence-corrected chi connectivity index (χ2v) is 5.07. The first-order chi connectivity index (χ1) is 7.83. The van der Waals surface area contributed by atoms with E-state index in [1.807, 2.05) is 6.07 Å². The van der Waals surface area contributed by atoms with E-state index in [-0.39, 0.29) is 5.82 Å². The highest BCUT2D eigenvalue weighted by Crippen LogP contribution is 2.29. The Morgan fingerprint density at radius 3 is 2.88 bits per heavy atom. The number of unbranched alkanes of at least 4 members (excludes halogenated alkanes) is 3. The van der Waals surface area contributed by atoms with Crippen LogP contribution in [-0.2, 0) is 6.42 Å². The Morgan fingerprint density at radius 1 is 1.19 bits per heavy atom. The lowest BCUT2D eigenvalue weighted by Crippen LogP contribution is -1.84. The van der Waals surface area contributed by atoms with Crippen molar-refractivity contribution in [2.75, 3.05) is 0 Å². The summed E-state index contributed by atoms with van der Waals surface area (Å²) in [4.78, 5) is 0. The molecule has 1 aromatic carbocycles. The largest absolute Gasteiger partial charge is 0.205 e. The lowest BCUT2D eigenvalue weighted by molar-refractivity contribution is 0.641. The number of rotatable bonds is 5. The fourth-order valence-corrected chi connectivity index (χ4v) is 3.02. The standard InChI is InChI=1S/C14H17FS/c1-2-3-4-5-7-11-10-16-14-12(11)8-6-9-13(14)15/h6,8-10H,2-5,7H2,1H3. The number of aryl methyl sites for hydroxylation is 1. The Labute approximate surface area is 100 Å². The van der Waals surface area contributed by atoms with E-state index in [2.05, 4.69) is 12.3 Å². The fourth-order valence-electron chi connectivity index (χ4n) is 2.01. The first-order valence-corrected chi connectivity index (χ1v) is 6.85. The highest BCUT2D eigenvalue weighted by molar-refractivity contribution is 7.17. The summed E-state index contributed by atoms with van der Waals surface area (Å²) in [5.74, 6) is -0.0812. The number of fused-ring (bicyclic) bond motifs is 1. The van der Waals surface area contributed by atoms with Crippen LogP contribution >= 0.6 is 11.3 Å². The summed E-state index contributed by atoms with van der Waals surface area (Å²) in [7, 11) is 0. The molecule has 0 spiro atoms. The molecule has 2 rings (SSSR count). The van der Waals surface area contributed by atoms with Crippen LogP contribution in [0.2, 0.25) is 0 Å². The average molecular weight is 236 g/mol. The van der Waals surface area contributed by atoms with Gasteiger partial charge in [-0.2, -0.15) is 0 Å². The molecule has 1 aromatic heterocycles. The van der Waals surface area contributed by atoms with Crippen molar-refractivity contribution in [1.82, 2.24) is 0 Å². The third-order valence-electron chi connectivity index (χ3n) is 2.93. The highest BCUT2D eigenvalue weighted by atomic mass is 32.1. The molecule has 0 saturated heterocycles. The molecule has 0 aliphatic carbocycles. The van der Waals surface area contributed by atoms with Crippen molar-refractivity contribution >= 4 is 21.4 Å². The van der Waals surface area contributed by atoms with Crippen molar-refractivity contribution < 1.29 is 4.39 Å². The molecule has 0 radical (unpaired) electrons. The van der Waals surface area contributed by atoms with Crippen molar-refractivity contribution in [3.05, 3.63) is 35.0 Å². The summed E-state index contributed by atoms with van der Waals surface area (Å²) in [6.07, 6.45) is 6.15. The fraction of sp³-hybridized carbons (Fsp3) is 0.429. The van der Waals surface area contributed by atoms with Crippen LogP contribution in [-0.4, -0.2) is 0 Å². The molecule has 1 heterocycles. The van der Waals surface area contributed by atoms with Gasteiger partial charge in [-0.25, -0.2) is 4.39 Å². The van der Waals surface area contributed by atoms with Gasteiger partial charge in [0.1, 0.15) is 5.82 Å². The minimum Gasteiger partial charge on any atom is -0.205 e. The van der Waals surface area contributed by atoms with Gasteiger partial charge in [-0.3, -0.25) is 0 Å². The zero-order valence-corrected chi connectivity index (χ0v) is 10.4. The van der Waals surface area contributed by atoms with E-state index in [0.717, 1.165) is 16.5 Å². The molecular formula is C14H17FS. The number of benzene rings is 1. The van der Waals surface area contributed by atoms with E-state index >= 15 is 0 Å². The molecule has 0 fully saturated rings. The Morgan fingerprint density at radius 2 is 2.06 bits per heavy atom. The number of hydrogen-bond donors (Lipinski definition) is 0. The van der Waals surface area contributed by atoms with Crippen molar-refractivity contribution in [3.63, 3.8) is 0 Å². The smallest absolute Gasteiger partial charge is 0.140 e. The van der Waals surface area contributed by atoms with Crippen LogP contribution < -0.4 is 0 Å². The zero-order valence-electron chi connectivity index (χ0n) is 9.63. The quantitative estimate of drug-likeness (QED) is 0.629. The minimum absolute atomic E-state index is 0.0812. The van der Waals surface area contributed by atoms with Crippen LogP contribution in [0, 0.1) is 5.82 Å². The molecule has 0 aliphatic heterocycles. The summed E-state index contributed by atoms with van der Waals surface area (Å²) in [6.45, 7) is 2.22. The van der Waals surface area contributed by atoms with E-state index in [1.54, 1.807) is 12.1 Å². The van der Waals surface area contributed by atoms with Gasteiger partial charge >= 0.3 is 0 Å². The molecule has 2 aromatic rings. The summed E-state index contributed by atoms with van der Waals surface area (Å²) < 4.78 is 14.3. The predicted molar refractivity (Wildman–Crippen MR) is 69.6 cm³/mol. The molecule has 0 N–H and O–H groups in total. The first-order valence-electron chi connectivity index (χ1n) is 5.97. The van der Waals surface area contributed by atoms with Crippen molar-refractivity contribution in [2.45, 2.75) is 39.0 Å². The molecule has 86 valence electrons. The van der Waals surface area contributed by atoms with Gasteiger partial charge in [-0.05, 0) is 35.2 Å². The molecule has 0 amide bonds. The molecule has 0 aliphatic rings. The monoisotopic (exact) mass is 236 g/mol. The van der Waals surface area contributed by atoms with Crippen LogP contribution in [0.15, 0.2) is 23.6 Å². The summed E-state index contributed by atoms with van der Waals surface area (Å²) in [6, 6.07) is 5.38. The van der Waals surface area contributed by atoms with Crippen LogP contribution in [0.3, 0.4) is 0 Å². The number of hydrogen-bond acceptors (Lipinski definition) is 1. The van der Waals surface area contributed by atoms with E-state index in [4.69, 9.17) is 0 Å². The lowest BCUT2D eigenvalue weighted by Gasteiger charge is -1.99. The van der Waals surface area contributed by atoms with Crippen LogP contribution in [0.25, 0.3) is 10.1 Å². The SMILES string of the molecule is CCCCCCc1csc2c(F)cccc12. The van der Waals surface area contributed by atoms with Gasteiger partial charge in [-0.15, -0.1) is 11.3 Å². The number of thiophene rings is 1. The van der Waals surface area contributed by atoms with Crippen molar-refractivity contribution in [1.29, 1.82) is 0 Å². The third-order valence-corrected chi connectivity index (χ3v) is 3.98. The average Bonchev–Trinajstić information content (AvgIpc) is 2.70. The van der Waals surface area contributed by atoms with Crippen LogP contribution in [0.5, 0.6) is 0 Å². The molecule has 0 saturated carbocycles. The van der Waals surface area contributed by atoms with E-state index < -0.39 is 0 Å². The van der Waals surface area contributed by atoms with E-state index in [0.29, 0.717) is 0 Å².